The van der Waals surface area contributed by atoms with E-state index in [-0.39, 0.29) is 5.15 Å². The predicted molar refractivity (Wildman–Crippen MR) is 55.8 cm³/mol. The van der Waals surface area contributed by atoms with Crippen LogP contribution in [0.3, 0.4) is 0 Å². The molecule has 0 atom stereocenters. The average molecular weight is 219 g/mol. The normalized spacial score (nSPS) is 9.93. The van der Waals surface area contributed by atoms with Crippen molar-refractivity contribution in [3.8, 4) is 11.9 Å². The van der Waals surface area contributed by atoms with Crippen molar-refractivity contribution in [1.82, 2.24) is 14.8 Å². The zero-order valence-electron chi connectivity index (χ0n) is 7.98. The fraction of sp³-hybridized carbons (Fsp3) is 0.100. The third-order valence-corrected chi connectivity index (χ3v) is 2.06. The molecule has 0 radical (unpaired) electrons. The van der Waals surface area contributed by atoms with Crippen LogP contribution in [-0.2, 0) is 0 Å². The van der Waals surface area contributed by atoms with E-state index in [1.165, 1.54) is 6.07 Å². The summed E-state index contributed by atoms with van der Waals surface area (Å²) in [5, 5.41) is 13.2. The van der Waals surface area contributed by atoms with E-state index in [2.05, 4.69) is 10.1 Å². The van der Waals surface area contributed by atoms with Crippen molar-refractivity contribution in [2.45, 2.75) is 6.92 Å². The van der Waals surface area contributed by atoms with Crippen LogP contribution in [-0.4, -0.2) is 14.8 Å². The summed E-state index contributed by atoms with van der Waals surface area (Å²) >= 11 is 5.78. The highest BCUT2D eigenvalue weighted by Gasteiger charge is 2.03. The average Bonchev–Trinajstić information content (AvgIpc) is 2.64. The SMILES string of the molecule is Cc1ccn(-c2cc(C#N)cc(Cl)n2)n1. The molecule has 0 aliphatic rings. The third-order valence-electron chi connectivity index (χ3n) is 1.87. The Morgan fingerprint density at radius 2 is 2.27 bits per heavy atom. The van der Waals surface area contributed by atoms with Gasteiger partial charge in [-0.3, -0.25) is 0 Å². The van der Waals surface area contributed by atoms with Gasteiger partial charge in [-0.25, -0.2) is 9.67 Å². The second-order valence-electron chi connectivity index (χ2n) is 3.05. The molecule has 2 heterocycles. The van der Waals surface area contributed by atoms with Crippen molar-refractivity contribution in [2.24, 2.45) is 0 Å². The molecule has 15 heavy (non-hydrogen) atoms. The topological polar surface area (TPSA) is 54.5 Å². The van der Waals surface area contributed by atoms with E-state index >= 15 is 0 Å². The number of aromatic nitrogens is 3. The molecule has 0 unspecified atom stereocenters. The predicted octanol–water partition coefficient (Wildman–Crippen LogP) is 2.10. The number of hydrogen-bond acceptors (Lipinski definition) is 3. The molecular formula is C10H7ClN4. The van der Waals surface area contributed by atoms with E-state index in [0.717, 1.165) is 5.69 Å². The van der Waals surface area contributed by atoms with Crippen molar-refractivity contribution in [2.75, 3.05) is 0 Å². The highest BCUT2D eigenvalue weighted by atomic mass is 35.5. The lowest BCUT2D eigenvalue weighted by Crippen LogP contribution is -1.99. The Morgan fingerprint density at radius 1 is 1.47 bits per heavy atom. The van der Waals surface area contributed by atoms with Crippen molar-refractivity contribution >= 4 is 11.6 Å². The van der Waals surface area contributed by atoms with Gasteiger partial charge in [-0.1, -0.05) is 11.6 Å². The molecule has 4 nitrogen and oxygen atoms in total. The van der Waals surface area contributed by atoms with Crippen LogP contribution >= 0.6 is 11.6 Å². The van der Waals surface area contributed by atoms with Gasteiger partial charge in [0.2, 0.25) is 0 Å². The lowest BCUT2D eigenvalue weighted by Gasteiger charge is -2.01. The van der Waals surface area contributed by atoms with E-state index in [1.807, 2.05) is 19.1 Å². The fourth-order valence-corrected chi connectivity index (χ4v) is 1.41. The lowest BCUT2D eigenvalue weighted by molar-refractivity contribution is 0.832. The molecular weight excluding hydrogens is 212 g/mol. The zero-order valence-corrected chi connectivity index (χ0v) is 8.73. The number of hydrogen-bond donors (Lipinski definition) is 0. The van der Waals surface area contributed by atoms with Gasteiger partial charge in [0.25, 0.3) is 0 Å². The minimum Gasteiger partial charge on any atom is -0.222 e. The molecule has 0 N–H and O–H groups in total. The van der Waals surface area contributed by atoms with Gasteiger partial charge in [-0.2, -0.15) is 10.4 Å². The molecule has 0 spiro atoms. The molecule has 0 bridgehead atoms. The lowest BCUT2D eigenvalue weighted by atomic mass is 10.3. The molecule has 0 aromatic carbocycles. The van der Waals surface area contributed by atoms with Gasteiger partial charge in [0, 0.05) is 12.3 Å². The molecule has 74 valence electrons. The van der Waals surface area contributed by atoms with Crippen LogP contribution in [0, 0.1) is 18.3 Å². The summed E-state index contributed by atoms with van der Waals surface area (Å²) in [5.74, 6) is 0.548. The van der Waals surface area contributed by atoms with Gasteiger partial charge < -0.3 is 0 Å². The number of halogens is 1. The maximum Gasteiger partial charge on any atom is 0.156 e. The largest absolute Gasteiger partial charge is 0.222 e. The molecule has 0 saturated heterocycles. The molecule has 0 fully saturated rings. The summed E-state index contributed by atoms with van der Waals surface area (Å²) < 4.78 is 1.59. The van der Waals surface area contributed by atoms with Gasteiger partial charge in [0.15, 0.2) is 5.82 Å². The summed E-state index contributed by atoms with van der Waals surface area (Å²) in [6.45, 7) is 1.88. The van der Waals surface area contributed by atoms with Crippen molar-refractivity contribution in [1.29, 1.82) is 5.26 Å². The third kappa shape index (κ3) is 1.97. The second kappa shape index (κ2) is 3.71. The number of nitrogens with zero attached hydrogens (tertiary/aromatic N) is 4. The molecule has 2 rings (SSSR count). The molecule has 2 aromatic heterocycles. The fourth-order valence-electron chi connectivity index (χ4n) is 1.21. The first-order valence-electron chi connectivity index (χ1n) is 4.29. The van der Waals surface area contributed by atoms with Crippen LogP contribution in [0.2, 0.25) is 5.15 Å². The highest BCUT2D eigenvalue weighted by Crippen LogP contribution is 2.13. The van der Waals surface area contributed by atoms with Gasteiger partial charge in [0.1, 0.15) is 5.15 Å². The number of nitriles is 1. The van der Waals surface area contributed by atoms with E-state index in [9.17, 15) is 0 Å². The van der Waals surface area contributed by atoms with Crippen LogP contribution < -0.4 is 0 Å². The summed E-state index contributed by atoms with van der Waals surface area (Å²) in [6, 6.07) is 7.03. The molecule has 0 aliphatic carbocycles. The Balaban J connectivity index is 2.54. The molecule has 0 saturated carbocycles. The Hall–Kier alpha value is -1.86. The minimum atomic E-state index is 0.289. The maximum absolute atomic E-state index is 8.77. The number of rotatable bonds is 1. The molecule has 2 aromatic rings. The van der Waals surface area contributed by atoms with E-state index in [4.69, 9.17) is 16.9 Å². The monoisotopic (exact) mass is 218 g/mol. The molecule has 0 amide bonds. The Kier molecular flexibility index (Phi) is 2.40. The Bertz CT molecular complexity index is 539. The van der Waals surface area contributed by atoms with E-state index in [1.54, 1.807) is 16.9 Å². The summed E-state index contributed by atoms with van der Waals surface area (Å²) in [6.07, 6.45) is 1.77. The maximum atomic E-state index is 8.77. The molecule has 5 heteroatoms. The van der Waals surface area contributed by atoms with E-state index in [0.29, 0.717) is 11.4 Å². The standard InChI is InChI=1S/C10H7ClN4/c1-7-2-3-15(14-7)10-5-8(6-12)4-9(11)13-10/h2-5H,1H3. The summed E-state index contributed by atoms with van der Waals surface area (Å²) in [7, 11) is 0. The van der Waals surface area contributed by atoms with Gasteiger partial charge in [-0.05, 0) is 19.1 Å². The zero-order chi connectivity index (χ0) is 10.8. The first-order chi connectivity index (χ1) is 7.19. The van der Waals surface area contributed by atoms with Crippen molar-refractivity contribution in [3.05, 3.63) is 40.8 Å². The second-order valence-corrected chi connectivity index (χ2v) is 3.44. The van der Waals surface area contributed by atoms with Gasteiger partial charge >= 0.3 is 0 Å². The Morgan fingerprint density at radius 3 is 2.87 bits per heavy atom. The van der Waals surface area contributed by atoms with Crippen LogP contribution in [0.1, 0.15) is 11.3 Å². The first kappa shape index (κ1) is 9.69. The number of pyridine rings is 1. The van der Waals surface area contributed by atoms with Crippen LogP contribution in [0.5, 0.6) is 0 Å². The van der Waals surface area contributed by atoms with Crippen molar-refractivity contribution < 1.29 is 0 Å². The first-order valence-corrected chi connectivity index (χ1v) is 4.67. The minimum absolute atomic E-state index is 0.289. The van der Waals surface area contributed by atoms with E-state index < -0.39 is 0 Å². The van der Waals surface area contributed by atoms with Crippen LogP contribution in [0.15, 0.2) is 24.4 Å². The van der Waals surface area contributed by atoms with Gasteiger partial charge in [0.05, 0.1) is 17.3 Å². The van der Waals surface area contributed by atoms with Crippen LogP contribution in [0.25, 0.3) is 5.82 Å². The highest BCUT2D eigenvalue weighted by molar-refractivity contribution is 6.29. The Labute approximate surface area is 91.7 Å². The van der Waals surface area contributed by atoms with Crippen molar-refractivity contribution in [3.63, 3.8) is 0 Å². The molecule has 0 aliphatic heterocycles. The quantitative estimate of drug-likeness (QED) is 0.689. The van der Waals surface area contributed by atoms with Gasteiger partial charge in [-0.15, -0.1) is 0 Å². The smallest absolute Gasteiger partial charge is 0.156 e. The summed E-state index contributed by atoms with van der Waals surface area (Å²) in [5.41, 5.74) is 1.36. The number of aryl methyl sites for hydroxylation is 1. The summed E-state index contributed by atoms with van der Waals surface area (Å²) in [4.78, 5) is 4.08. The van der Waals surface area contributed by atoms with Crippen LogP contribution in [0.4, 0.5) is 0 Å².